The lowest BCUT2D eigenvalue weighted by atomic mass is 10.0. The number of aromatic hydroxyl groups is 1. The van der Waals surface area contributed by atoms with Gasteiger partial charge in [-0.25, -0.2) is 4.39 Å². The molecule has 1 aromatic carbocycles. The van der Waals surface area contributed by atoms with Crippen LogP contribution in [0.4, 0.5) is 4.39 Å². The molecule has 20 heavy (non-hydrogen) atoms. The molecule has 3 nitrogen and oxygen atoms in total. The molecule has 106 valence electrons. The molecule has 1 aromatic heterocycles. The summed E-state index contributed by atoms with van der Waals surface area (Å²) < 4.78 is 13.9. The lowest BCUT2D eigenvalue weighted by Crippen LogP contribution is -2.26. The Morgan fingerprint density at radius 3 is 2.65 bits per heavy atom. The first-order valence-electron chi connectivity index (χ1n) is 6.82. The number of phenolic OH excluding ortho intramolecular Hbond substituents is 1. The van der Waals surface area contributed by atoms with Crippen LogP contribution in [0.25, 0.3) is 0 Å². The predicted molar refractivity (Wildman–Crippen MR) is 77.0 cm³/mol. The minimum absolute atomic E-state index is 0.166. The van der Waals surface area contributed by atoms with E-state index >= 15 is 0 Å². The molecule has 0 spiro atoms. The quantitative estimate of drug-likeness (QED) is 0.850. The van der Waals surface area contributed by atoms with Crippen molar-refractivity contribution in [2.45, 2.75) is 25.8 Å². The van der Waals surface area contributed by atoms with E-state index in [1.807, 2.05) is 12.1 Å². The van der Waals surface area contributed by atoms with Crippen LogP contribution in [-0.2, 0) is 6.42 Å². The van der Waals surface area contributed by atoms with Crippen molar-refractivity contribution in [3.63, 3.8) is 0 Å². The lowest BCUT2D eigenvalue weighted by Gasteiger charge is -2.18. The average molecular weight is 274 g/mol. The fourth-order valence-electron chi connectivity index (χ4n) is 2.11. The van der Waals surface area contributed by atoms with Gasteiger partial charge in [-0.3, -0.25) is 4.98 Å². The highest BCUT2D eigenvalue weighted by Gasteiger charge is 2.16. The molecule has 2 aromatic rings. The van der Waals surface area contributed by atoms with Gasteiger partial charge in [-0.05, 0) is 49.2 Å². The first-order chi connectivity index (χ1) is 9.70. The smallest absolute Gasteiger partial charge is 0.146 e. The molecule has 1 unspecified atom stereocenters. The summed E-state index contributed by atoms with van der Waals surface area (Å²) in [6.45, 7) is 2.87. The maximum Gasteiger partial charge on any atom is 0.146 e. The summed E-state index contributed by atoms with van der Waals surface area (Å²) in [4.78, 5) is 4.16. The molecule has 0 amide bonds. The van der Waals surface area contributed by atoms with Gasteiger partial charge in [0.05, 0.1) is 11.7 Å². The Labute approximate surface area is 118 Å². The molecule has 0 saturated carbocycles. The van der Waals surface area contributed by atoms with Gasteiger partial charge in [0.15, 0.2) is 0 Å². The zero-order valence-electron chi connectivity index (χ0n) is 11.5. The van der Waals surface area contributed by atoms with Gasteiger partial charge in [0.1, 0.15) is 11.6 Å². The van der Waals surface area contributed by atoms with Crippen molar-refractivity contribution in [3.05, 3.63) is 59.7 Å². The van der Waals surface area contributed by atoms with E-state index in [-0.39, 0.29) is 17.6 Å². The van der Waals surface area contributed by atoms with Crippen molar-refractivity contribution >= 4 is 0 Å². The molecule has 0 aliphatic carbocycles. The summed E-state index contributed by atoms with van der Waals surface area (Å²) in [7, 11) is 0. The summed E-state index contributed by atoms with van der Waals surface area (Å²) in [5.74, 6) is -0.0595. The van der Waals surface area contributed by atoms with Crippen LogP contribution >= 0.6 is 0 Å². The van der Waals surface area contributed by atoms with Crippen LogP contribution in [0, 0.1) is 5.82 Å². The zero-order valence-corrected chi connectivity index (χ0v) is 11.5. The van der Waals surface area contributed by atoms with Crippen molar-refractivity contribution in [1.82, 2.24) is 10.3 Å². The monoisotopic (exact) mass is 274 g/mol. The lowest BCUT2D eigenvalue weighted by molar-refractivity contribution is 0.472. The van der Waals surface area contributed by atoms with Crippen LogP contribution in [-0.4, -0.2) is 16.6 Å². The van der Waals surface area contributed by atoms with Gasteiger partial charge in [0.25, 0.3) is 0 Å². The Morgan fingerprint density at radius 1 is 1.25 bits per heavy atom. The van der Waals surface area contributed by atoms with Crippen molar-refractivity contribution in [2.75, 3.05) is 6.54 Å². The van der Waals surface area contributed by atoms with Gasteiger partial charge in [0, 0.05) is 6.20 Å². The Bertz CT molecular complexity index is 542. The minimum Gasteiger partial charge on any atom is -0.508 e. The molecule has 0 fully saturated rings. The predicted octanol–water partition coefficient (Wildman–Crippen LogP) is 3.21. The highest BCUT2D eigenvalue weighted by atomic mass is 19.1. The Balaban J connectivity index is 2.19. The van der Waals surface area contributed by atoms with Gasteiger partial charge < -0.3 is 10.4 Å². The van der Waals surface area contributed by atoms with Gasteiger partial charge in [-0.1, -0.05) is 19.1 Å². The third kappa shape index (κ3) is 3.78. The topological polar surface area (TPSA) is 45.1 Å². The Hall–Kier alpha value is -1.94. The number of pyridine rings is 1. The van der Waals surface area contributed by atoms with Crippen molar-refractivity contribution in [1.29, 1.82) is 0 Å². The SMILES string of the molecule is CCCNC(Cc1ccc(O)cc1)c1ncccc1F. The van der Waals surface area contributed by atoms with Crippen LogP contribution in [0.5, 0.6) is 5.75 Å². The second kappa shape index (κ2) is 7.01. The third-order valence-corrected chi connectivity index (χ3v) is 3.13. The zero-order chi connectivity index (χ0) is 14.4. The second-order valence-electron chi connectivity index (χ2n) is 4.75. The standard InChI is InChI=1S/C16H19FN2O/c1-2-9-18-15(16-14(17)4-3-10-19-16)11-12-5-7-13(20)8-6-12/h3-8,10,15,18,20H,2,9,11H2,1H3. The first kappa shape index (κ1) is 14.5. The van der Waals surface area contributed by atoms with Crippen LogP contribution in [0.2, 0.25) is 0 Å². The van der Waals surface area contributed by atoms with E-state index in [1.165, 1.54) is 6.07 Å². The maximum atomic E-state index is 13.9. The summed E-state index contributed by atoms with van der Waals surface area (Å²) in [5, 5.41) is 12.6. The summed E-state index contributed by atoms with van der Waals surface area (Å²) >= 11 is 0. The number of nitrogens with one attached hydrogen (secondary N) is 1. The van der Waals surface area contributed by atoms with Gasteiger partial charge in [-0.15, -0.1) is 0 Å². The molecule has 1 atom stereocenters. The van der Waals surface area contributed by atoms with E-state index < -0.39 is 0 Å². The van der Waals surface area contributed by atoms with Crippen LogP contribution in [0.1, 0.15) is 30.6 Å². The van der Waals surface area contributed by atoms with Crippen LogP contribution in [0.3, 0.4) is 0 Å². The highest BCUT2D eigenvalue weighted by molar-refractivity contribution is 5.27. The number of hydrogen-bond acceptors (Lipinski definition) is 3. The molecular weight excluding hydrogens is 255 g/mol. The van der Waals surface area contributed by atoms with Crippen LogP contribution < -0.4 is 5.32 Å². The van der Waals surface area contributed by atoms with Crippen LogP contribution in [0.15, 0.2) is 42.6 Å². The van der Waals surface area contributed by atoms with Crippen molar-refractivity contribution in [2.24, 2.45) is 0 Å². The summed E-state index contributed by atoms with van der Waals surface area (Å²) in [5.41, 5.74) is 1.47. The van der Waals surface area contributed by atoms with Gasteiger partial charge in [0.2, 0.25) is 0 Å². The molecule has 2 N–H and O–H groups in total. The Morgan fingerprint density at radius 2 is 2.00 bits per heavy atom. The summed E-state index contributed by atoms with van der Waals surface area (Å²) in [6, 6.07) is 9.83. The van der Waals surface area contributed by atoms with Crippen molar-refractivity contribution in [3.8, 4) is 5.75 Å². The second-order valence-corrected chi connectivity index (χ2v) is 4.75. The molecule has 0 saturated heterocycles. The molecule has 0 aliphatic heterocycles. The third-order valence-electron chi connectivity index (χ3n) is 3.13. The molecule has 4 heteroatoms. The fourth-order valence-corrected chi connectivity index (χ4v) is 2.11. The molecule has 1 heterocycles. The number of nitrogens with zero attached hydrogens (tertiary/aromatic N) is 1. The largest absolute Gasteiger partial charge is 0.508 e. The molecule has 2 rings (SSSR count). The fraction of sp³-hybridized carbons (Fsp3) is 0.312. The molecule has 0 bridgehead atoms. The van der Waals surface area contributed by atoms with E-state index in [1.54, 1.807) is 24.4 Å². The summed E-state index contributed by atoms with van der Waals surface area (Å²) in [6.07, 6.45) is 3.21. The van der Waals surface area contributed by atoms with Gasteiger partial charge >= 0.3 is 0 Å². The first-order valence-corrected chi connectivity index (χ1v) is 6.82. The molecule has 0 aliphatic rings. The number of aromatic nitrogens is 1. The Kier molecular flexibility index (Phi) is 5.07. The van der Waals surface area contributed by atoms with E-state index in [4.69, 9.17) is 0 Å². The maximum absolute atomic E-state index is 13.9. The number of halogens is 1. The number of benzene rings is 1. The molecule has 0 radical (unpaired) electrons. The minimum atomic E-state index is -0.292. The van der Waals surface area contributed by atoms with E-state index in [0.717, 1.165) is 18.5 Å². The highest BCUT2D eigenvalue weighted by Crippen LogP contribution is 2.20. The van der Waals surface area contributed by atoms with E-state index in [9.17, 15) is 9.50 Å². The van der Waals surface area contributed by atoms with E-state index in [2.05, 4.69) is 17.2 Å². The van der Waals surface area contributed by atoms with Crippen molar-refractivity contribution < 1.29 is 9.50 Å². The number of phenols is 1. The van der Waals surface area contributed by atoms with Gasteiger partial charge in [-0.2, -0.15) is 0 Å². The number of hydrogen-bond donors (Lipinski definition) is 2. The van der Waals surface area contributed by atoms with E-state index in [0.29, 0.717) is 12.1 Å². The average Bonchev–Trinajstić information content (AvgIpc) is 2.46. The number of rotatable bonds is 6. The normalized spacial score (nSPS) is 12.3. The molecular formula is C16H19FN2O.